The number of thiophene rings is 1. The van der Waals surface area contributed by atoms with E-state index in [4.69, 9.17) is 0 Å². The van der Waals surface area contributed by atoms with Gasteiger partial charge in [0.25, 0.3) is 0 Å². The summed E-state index contributed by atoms with van der Waals surface area (Å²) >= 11 is 1.59. The SMILES string of the molecule is O=C1CNC(=O)[C@H](Cc2cccs2)N1. The van der Waals surface area contributed by atoms with Crippen molar-refractivity contribution >= 4 is 23.2 Å². The van der Waals surface area contributed by atoms with Gasteiger partial charge in [-0.2, -0.15) is 0 Å². The Bertz CT molecular complexity index is 348. The van der Waals surface area contributed by atoms with Crippen LogP contribution in [0.4, 0.5) is 0 Å². The molecule has 1 fully saturated rings. The first-order chi connectivity index (χ1) is 6.75. The van der Waals surface area contributed by atoms with Crippen molar-refractivity contribution in [2.45, 2.75) is 12.5 Å². The van der Waals surface area contributed by atoms with E-state index in [1.807, 2.05) is 17.5 Å². The van der Waals surface area contributed by atoms with Gasteiger partial charge in [0, 0.05) is 11.3 Å². The highest BCUT2D eigenvalue weighted by atomic mass is 32.1. The van der Waals surface area contributed by atoms with Crippen LogP contribution < -0.4 is 10.6 Å². The molecule has 2 rings (SSSR count). The van der Waals surface area contributed by atoms with Crippen molar-refractivity contribution in [3.63, 3.8) is 0 Å². The molecule has 0 aliphatic carbocycles. The van der Waals surface area contributed by atoms with Crippen LogP contribution in [0.25, 0.3) is 0 Å². The lowest BCUT2D eigenvalue weighted by atomic mass is 10.1. The molecular weight excluding hydrogens is 200 g/mol. The van der Waals surface area contributed by atoms with Gasteiger partial charge in [-0.3, -0.25) is 9.59 Å². The standard InChI is InChI=1S/C9H10N2O2S/c12-8-5-10-9(13)7(11-8)4-6-2-1-3-14-6/h1-3,7H,4-5H2,(H,10,13)(H,11,12)/t7-/m0/s1. The van der Waals surface area contributed by atoms with Gasteiger partial charge in [-0.1, -0.05) is 6.07 Å². The first kappa shape index (κ1) is 9.21. The minimum absolute atomic E-state index is 0.0970. The Morgan fingerprint density at radius 1 is 1.50 bits per heavy atom. The number of amides is 2. The topological polar surface area (TPSA) is 58.2 Å². The molecule has 4 nitrogen and oxygen atoms in total. The van der Waals surface area contributed by atoms with E-state index < -0.39 is 6.04 Å². The summed E-state index contributed by atoms with van der Waals surface area (Å²) in [7, 11) is 0. The van der Waals surface area contributed by atoms with Gasteiger partial charge in [0.2, 0.25) is 11.8 Å². The molecule has 1 aliphatic rings. The number of hydrogen-bond donors (Lipinski definition) is 2. The van der Waals surface area contributed by atoms with Crippen LogP contribution in [0, 0.1) is 0 Å². The Morgan fingerprint density at radius 2 is 2.36 bits per heavy atom. The molecule has 2 heterocycles. The molecule has 1 aromatic rings. The van der Waals surface area contributed by atoms with Crippen molar-refractivity contribution in [2.24, 2.45) is 0 Å². The Hall–Kier alpha value is -1.36. The summed E-state index contributed by atoms with van der Waals surface area (Å²) in [5, 5.41) is 7.16. The summed E-state index contributed by atoms with van der Waals surface area (Å²) in [6, 6.07) is 3.48. The zero-order valence-corrected chi connectivity index (χ0v) is 8.26. The number of carbonyl (C=O) groups excluding carboxylic acids is 2. The predicted octanol–water partition coefficient (Wildman–Crippen LogP) is -0.0948. The van der Waals surface area contributed by atoms with E-state index in [9.17, 15) is 9.59 Å². The van der Waals surface area contributed by atoms with E-state index in [1.54, 1.807) is 11.3 Å². The smallest absolute Gasteiger partial charge is 0.243 e. The minimum atomic E-state index is -0.408. The van der Waals surface area contributed by atoms with Crippen LogP contribution >= 0.6 is 11.3 Å². The van der Waals surface area contributed by atoms with Crippen LogP contribution in [0.5, 0.6) is 0 Å². The second-order valence-electron chi connectivity index (χ2n) is 3.12. The monoisotopic (exact) mass is 210 g/mol. The molecule has 0 saturated carbocycles. The highest BCUT2D eigenvalue weighted by Crippen LogP contribution is 2.11. The zero-order valence-electron chi connectivity index (χ0n) is 7.45. The molecule has 1 aromatic heterocycles. The van der Waals surface area contributed by atoms with Crippen molar-refractivity contribution in [1.82, 2.24) is 10.6 Å². The summed E-state index contributed by atoms with van der Waals surface area (Å²) in [5.74, 6) is -0.218. The molecule has 0 spiro atoms. The van der Waals surface area contributed by atoms with Gasteiger partial charge >= 0.3 is 0 Å². The Morgan fingerprint density at radius 3 is 3.07 bits per heavy atom. The molecule has 14 heavy (non-hydrogen) atoms. The third-order valence-corrected chi connectivity index (χ3v) is 2.96. The summed E-state index contributed by atoms with van der Waals surface area (Å²) < 4.78 is 0. The molecule has 2 amide bonds. The first-order valence-electron chi connectivity index (χ1n) is 4.35. The maximum absolute atomic E-state index is 11.3. The second kappa shape index (κ2) is 3.79. The van der Waals surface area contributed by atoms with Gasteiger partial charge in [-0.05, 0) is 11.4 Å². The third kappa shape index (κ3) is 1.93. The minimum Gasteiger partial charge on any atom is -0.345 e. The Kier molecular flexibility index (Phi) is 2.49. The van der Waals surface area contributed by atoms with Crippen LogP contribution in [-0.4, -0.2) is 24.4 Å². The van der Waals surface area contributed by atoms with Gasteiger partial charge in [0.05, 0.1) is 6.54 Å². The Labute approximate surface area is 85.3 Å². The van der Waals surface area contributed by atoms with Gasteiger partial charge in [-0.25, -0.2) is 0 Å². The maximum Gasteiger partial charge on any atom is 0.243 e. The molecule has 74 valence electrons. The van der Waals surface area contributed by atoms with Crippen molar-refractivity contribution in [3.8, 4) is 0 Å². The summed E-state index contributed by atoms with van der Waals surface area (Å²) in [6.07, 6.45) is 0.579. The van der Waals surface area contributed by atoms with E-state index in [-0.39, 0.29) is 18.4 Å². The number of carbonyl (C=O) groups is 2. The van der Waals surface area contributed by atoms with E-state index in [0.29, 0.717) is 6.42 Å². The first-order valence-corrected chi connectivity index (χ1v) is 5.23. The van der Waals surface area contributed by atoms with Gasteiger partial charge < -0.3 is 10.6 Å². The number of hydrogen-bond acceptors (Lipinski definition) is 3. The van der Waals surface area contributed by atoms with Crippen LogP contribution in [0.15, 0.2) is 17.5 Å². The summed E-state index contributed by atoms with van der Waals surface area (Å²) in [4.78, 5) is 23.5. The fraction of sp³-hybridized carbons (Fsp3) is 0.333. The molecule has 2 N–H and O–H groups in total. The van der Waals surface area contributed by atoms with Crippen molar-refractivity contribution in [2.75, 3.05) is 6.54 Å². The number of nitrogens with one attached hydrogen (secondary N) is 2. The second-order valence-corrected chi connectivity index (χ2v) is 4.15. The van der Waals surface area contributed by atoms with Crippen LogP contribution in [-0.2, 0) is 16.0 Å². The van der Waals surface area contributed by atoms with Crippen LogP contribution in [0.1, 0.15) is 4.88 Å². The molecule has 0 radical (unpaired) electrons. The molecule has 0 unspecified atom stereocenters. The van der Waals surface area contributed by atoms with Gasteiger partial charge in [0.15, 0.2) is 0 Å². The fourth-order valence-electron chi connectivity index (χ4n) is 1.38. The quantitative estimate of drug-likeness (QED) is 0.716. The average Bonchev–Trinajstić information content (AvgIpc) is 2.64. The zero-order chi connectivity index (χ0) is 9.97. The molecule has 0 aromatic carbocycles. The molecule has 1 saturated heterocycles. The van der Waals surface area contributed by atoms with Gasteiger partial charge in [0.1, 0.15) is 6.04 Å². The predicted molar refractivity (Wildman–Crippen MR) is 53.0 cm³/mol. The average molecular weight is 210 g/mol. The van der Waals surface area contributed by atoms with Crippen LogP contribution in [0.3, 0.4) is 0 Å². The molecule has 1 aliphatic heterocycles. The van der Waals surface area contributed by atoms with Crippen molar-refractivity contribution in [1.29, 1.82) is 0 Å². The largest absolute Gasteiger partial charge is 0.345 e. The van der Waals surface area contributed by atoms with E-state index in [1.165, 1.54) is 0 Å². The van der Waals surface area contributed by atoms with E-state index in [0.717, 1.165) is 4.88 Å². The number of rotatable bonds is 2. The fourth-order valence-corrected chi connectivity index (χ4v) is 2.13. The van der Waals surface area contributed by atoms with E-state index in [2.05, 4.69) is 10.6 Å². The van der Waals surface area contributed by atoms with Crippen LogP contribution in [0.2, 0.25) is 0 Å². The Balaban J connectivity index is 2.02. The molecular formula is C9H10N2O2S. The lowest BCUT2D eigenvalue weighted by molar-refractivity contribution is -0.133. The van der Waals surface area contributed by atoms with Crippen molar-refractivity contribution in [3.05, 3.63) is 22.4 Å². The lowest BCUT2D eigenvalue weighted by Gasteiger charge is -2.22. The van der Waals surface area contributed by atoms with Gasteiger partial charge in [-0.15, -0.1) is 11.3 Å². The molecule has 1 atom stereocenters. The van der Waals surface area contributed by atoms with Crippen molar-refractivity contribution < 1.29 is 9.59 Å². The normalized spacial score (nSPS) is 21.6. The lowest BCUT2D eigenvalue weighted by Crippen LogP contribution is -2.56. The summed E-state index contributed by atoms with van der Waals surface area (Å²) in [5.41, 5.74) is 0. The number of piperazine rings is 1. The third-order valence-electron chi connectivity index (χ3n) is 2.06. The van der Waals surface area contributed by atoms with E-state index >= 15 is 0 Å². The maximum atomic E-state index is 11.3. The molecule has 5 heteroatoms. The molecule has 0 bridgehead atoms. The highest BCUT2D eigenvalue weighted by molar-refractivity contribution is 7.09. The summed E-state index contributed by atoms with van der Waals surface area (Å²) in [6.45, 7) is 0.0970. The highest BCUT2D eigenvalue weighted by Gasteiger charge is 2.25.